The van der Waals surface area contributed by atoms with Crippen LogP contribution in [0.3, 0.4) is 0 Å². The molecule has 1 fully saturated rings. The molecule has 22 heavy (non-hydrogen) atoms. The van der Waals surface area contributed by atoms with E-state index in [2.05, 4.69) is 5.32 Å². The van der Waals surface area contributed by atoms with Crippen LogP contribution in [-0.2, 0) is 16.1 Å². The van der Waals surface area contributed by atoms with Crippen LogP contribution in [0.2, 0.25) is 0 Å². The van der Waals surface area contributed by atoms with Crippen LogP contribution in [0.1, 0.15) is 35.7 Å². The lowest BCUT2D eigenvalue weighted by Crippen LogP contribution is -2.40. The maximum Gasteiger partial charge on any atom is 0.251 e. The molecule has 5 nitrogen and oxygen atoms in total. The van der Waals surface area contributed by atoms with E-state index in [-0.39, 0.29) is 23.8 Å². The van der Waals surface area contributed by atoms with Gasteiger partial charge in [0.2, 0.25) is 5.91 Å². The van der Waals surface area contributed by atoms with Crippen molar-refractivity contribution in [1.29, 1.82) is 0 Å². The first-order valence-electron chi connectivity index (χ1n) is 7.70. The normalized spacial score (nSPS) is 21.2. The highest BCUT2D eigenvalue weighted by molar-refractivity contribution is 5.93. The SMILES string of the molecule is CNC(=O)c1ccc(CN(C)C(=O)C2CCCOC2C)cc1. The Labute approximate surface area is 131 Å². The number of carbonyl (C=O) groups excluding carboxylic acids is 2. The van der Waals surface area contributed by atoms with Crippen LogP contribution in [-0.4, -0.2) is 43.5 Å². The highest BCUT2D eigenvalue weighted by Gasteiger charge is 2.30. The fourth-order valence-corrected chi connectivity index (χ4v) is 2.79. The monoisotopic (exact) mass is 304 g/mol. The van der Waals surface area contributed by atoms with Gasteiger partial charge in [0.25, 0.3) is 5.91 Å². The standard InChI is InChI=1S/C17H24N2O3/c1-12-15(5-4-10-22-12)17(21)19(3)11-13-6-8-14(9-7-13)16(20)18-2/h6-9,12,15H,4-5,10-11H2,1-3H3,(H,18,20). The molecular formula is C17H24N2O3. The summed E-state index contributed by atoms with van der Waals surface area (Å²) in [4.78, 5) is 25.8. The summed E-state index contributed by atoms with van der Waals surface area (Å²) in [6.45, 7) is 3.25. The van der Waals surface area contributed by atoms with E-state index < -0.39 is 0 Å². The van der Waals surface area contributed by atoms with Gasteiger partial charge in [0, 0.05) is 32.8 Å². The van der Waals surface area contributed by atoms with E-state index in [0.717, 1.165) is 25.0 Å². The van der Waals surface area contributed by atoms with Crippen molar-refractivity contribution in [2.45, 2.75) is 32.4 Å². The lowest BCUT2D eigenvalue weighted by molar-refractivity contribution is -0.143. The van der Waals surface area contributed by atoms with Gasteiger partial charge in [-0.1, -0.05) is 12.1 Å². The molecule has 1 aromatic carbocycles. The Morgan fingerprint density at radius 1 is 1.32 bits per heavy atom. The number of rotatable bonds is 4. The third-order valence-corrected chi connectivity index (χ3v) is 4.16. The first kappa shape index (κ1) is 16.5. The van der Waals surface area contributed by atoms with Crippen molar-refractivity contribution in [3.63, 3.8) is 0 Å². The van der Waals surface area contributed by atoms with Crippen molar-refractivity contribution < 1.29 is 14.3 Å². The molecule has 120 valence electrons. The molecule has 0 bridgehead atoms. The van der Waals surface area contributed by atoms with Gasteiger partial charge in [-0.3, -0.25) is 9.59 Å². The second kappa shape index (κ2) is 7.40. The molecular weight excluding hydrogens is 280 g/mol. The highest BCUT2D eigenvalue weighted by Crippen LogP contribution is 2.23. The Morgan fingerprint density at radius 2 is 2.00 bits per heavy atom. The minimum Gasteiger partial charge on any atom is -0.378 e. The Balaban J connectivity index is 1.97. The van der Waals surface area contributed by atoms with Crippen molar-refractivity contribution in [2.75, 3.05) is 20.7 Å². The molecule has 1 aliphatic heterocycles. The molecule has 0 spiro atoms. The molecule has 1 N–H and O–H groups in total. The number of ether oxygens (including phenoxy) is 1. The average Bonchev–Trinajstić information content (AvgIpc) is 2.54. The molecule has 5 heteroatoms. The number of amides is 2. The minimum atomic E-state index is -0.107. The van der Waals surface area contributed by atoms with Gasteiger partial charge in [0.1, 0.15) is 0 Å². The van der Waals surface area contributed by atoms with Crippen LogP contribution in [0.4, 0.5) is 0 Å². The summed E-state index contributed by atoms with van der Waals surface area (Å²) in [5.74, 6) is -0.0318. The third kappa shape index (κ3) is 3.85. The van der Waals surface area contributed by atoms with Crippen molar-refractivity contribution >= 4 is 11.8 Å². The van der Waals surface area contributed by atoms with E-state index in [1.165, 1.54) is 0 Å². The molecule has 0 aliphatic carbocycles. The predicted molar refractivity (Wildman–Crippen MR) is 84.4 cm³/mol. The Morgan fingerprint density at radius 3 is 2.59 bits per heavy atom. The van der Waals surface area contributed by atoms with Crippen LogP contribution >= 0.6 is 0 Å². The Hall–Kier alpha value is -1.88. The maximum absolute atomic E-state index is 12.5. The summed E-state index contributed by atoms with van der Waals surface area (Å²) in [5, 5.41) is 2.59. The first-order chi connectivity index (χ1) is 10.5. The second-order valence-electron chi connectivity index (χ2n) is 5.79. The molecule has 2 rings (SSSR count). The lowest BCUT2D eigenvalue weighted by atomic mass is 9.94. The minimum absolute atomic E-state index is 0.0145. The van der Waals surface area contributed by atoms with Gasteiger partial charge in [-0.25, -0.2) is 0 Å². The maximum atomic E-state index is 12.5. The number of nitrogens with one attached hydrogen (secondary N) is 1. The van der Waals surface area contributed by atoms with Crippen molar-refractivity contribution in [2.24, 2.45) is 5.92 Å². The fraction of sp³-hybridized carbons (Fsp3) is 0.529. The summed E-state index contributed by atoms with van der Waals surface area (Å²) >= 11 is 0. The van der Waals surface area contributed by atoms with Gasteiger partial charge in [-0.2, -0.15) is 0 Å². The molecule has 1 saturated heterocycles. The van der Waals surface area contributed by atoms with Crippen molar-refractivity contribution in [3.05, 3.63) is 35.4 Å². The van der Waals surface area contributed by atoms with E-state index in [9.17, 15) is 9.59 Å². The quantitative estimate of drug-likeness (QED) is 0.923. The van der Waals surface area contributed by atoms with E-state index in [1.54, 1.807) is 24.1 Å². The van der Waals surface area contributed by atoms with Gasteiger partial charge >= 0.3 is 0 Å². The zero-order valence-electron chi connectivity index (χ0n) is 13.5. The van der Waals surface area contributed by atoms with Gasteiger partial charge < -0.3 is 15.0 Å². The van der Waals surface area contributed by atoms with Gasteiger partial charge in [-0.05, 0) is 37.5 Å². The molecule has 0 aromatic heterocycles. The van der Waals surface area contributed by atoms with E-state index in [0.29, 0.717) is 12.1 Å². The van der Waals surface area contributed by atoms with Crippen LogP contribution in [0.15, 0.2) is 24.3 Å². The molecule has 2 atom stereocenters. The average molecular weight is 304 g/mol. The summed E-state index contributed by atoms with van der Waals surface area (Å²) in [6, 6.07) is 7.32. The van der Waals surface area contributed by atoms with E-state index in [1.807, 2.05) is 26.1 Å². The molecule has 1 aliphatic rings. The van der Waals surface area contributed by atoms with Crippen LogP contribution in [0, 0.1) is 5.92 Å². The fourth-order valence-electron chi connectivity index (χ4n) is 2.79. The summed E-state index contributed by atoms with van der Waals surface area (Å²) in [5.41, 5.74) is 1.63. The summed E-state index contributed by atoms with van der Waals surface area (Å²) in [6.07, 6.45) is 1.81. The van der Waals surface area contributed by atoms with Crippen LogP contribution < -0.4 is 5.32 Å². The summed E-state index contributed by atoms with van der Waals surface area (Å²) in [7, 11) is 3.42. The number of carbonyl (C=O) groups is 2. The molecule has 1 heterocycles. The number of hydrogen-bond donors (Lipinski definition) is 1. The number of nitrogens with zero attached hydrogens (tertiary/aromatic N) is 1. The first-order valence-corrected chi connectivity index (χ1v) is 7.70. The van der Waals surface area contributed by atoms with E-state index in [4.69, 9.17) is 4.74 Å². The van der Waals surface area contributed by atoms with Gasteiger partial charge in [0.15, 0.2) is 0 Å². The lowest BCUT2D eigenvalue weighted by Gasteiger charge is -2.31. The third-order valence-electron chi connectivity index (χ3n) is 4.16. The molecule has 2 amide bonds. The van der Waals surface area contributed by atoms with Crippen LogP contribution in [0.25, 0.3) is 0 Å². The van der Waals surface area contributed by atoms with E-state index >= 15 is 0 Å². The van der Waals surface area contributed by atoms with Crippen molar-refractivity contribution in [3.8, 4) is 0 Å². The number of benzene rings is 1. The molecule has 2 unspecified atom stereocenters. The van der Waals surface area contributed by atoms with Crippen molar-refractivity contribution in [1.82, 2.24) is 10.2 Å². The topological polar surface area (TPSA) is 58.6 Å². The van der Waals surface area contributed by atoms with Crippen LogP contribution in [0.5, 0.6) is 0 Å². The largest absolute Gasteiger partial charge is 0.378 e. The van der Waals surface area contributed by atoms with Gasteiger partial charge in [-0.15, -0.1) is 0 Å². The second-order valence-corrected chi connectivity index (χ2v) is 5.79. The number of hydrogen-bond acceptors (Lipinski definition) is 3. The zero-order valence-corrected chi connectivity index (χ0v) is 13.5. The summed E-state index contributed by atoms with van der Waals surface area (Å²) < 4.78 is 5.57. The van der Waals surface area contributed by atoms with Gasteiger partial charge in [0.05, 0.1) is 12.0 Å². The molecule has 0 saturated carbocycles. The Bertz CT molecular complexity index is 527. The molecule has 1 aromatic rings. The zero-order chi connectivity index (χ0) is 16.1. The predicted octanol–water partition coefficient (Wildman–Crippen LogP) is 1.82. The Kier molecular flexibility index (Phi) is 5.55. The highest BCUT2D eigenvalue weighted by atomic mass is 16.5. The smallest absolute Gasteiger partial charge is 0.251 e. The molecule has 0 radical (unpaired) electrons.